The number of likely N-dealkylation sites (tertiary alicyclic amines) is 1. The number of aryl methyl sites for hydroxylation is 1. The Labute approximate surface area is 152 Å². The average Bonchev–Trinajstić information content (AvgIpc) is 3.41. The normalized spacial score (nSPS) is 18.5. The lowest BCUT2D eigenvalue weighted by molar-refractivity contribution is -0.133. The van der Waals surface area contributed by atoms with Crippen molar-refractivity contribution in [2.75, 3.05) is 13.1 Å². The van der Waals surface area contributed by atoms with Gasteiger partial charge in [0.25, 0.3) is 0 Å². The number of hydrogen-bond donors (Lipinski definition) is 1. The van der Waals surface area contributed by atoms with E-state index in [0.29, 0.717) is 28.8 Å². The summed E-state index contributed by atoms with van der Waals surface area (Å²) >= 11 is 12.1. The zero-order valence-corrected chi connectivity index (χ0v) is 15.1. The van der Waals surface area contributed by atoms with Crippen molar-refractivity contribution in [1.29, 1.82) is 0 Å². The van der Waals surface area contributed by atoms with E-state index < -0.39 is 0 Å². The average molecular weight is 369 g/mol. The van der Waals surface area contributed by atoms with Crippen molar-refractivity contribution in [1.82, 2.24) is 10.2 Å². The number of carbonyl (C=O) groups is 2. The zero-order valence-electron chi connectivity index (χ0n) is 13.6. The maximum absolute atomic E-state index is 12.1. The van der Waals surface area contributed by atoms with Crippen LogP contribution in [-0.4, -0.2) is 35.8 Å². The van der Waals surface area contributed by atoms with Gasteiger partial charge in [0.05, 0.1) is 10.0 Å². The molecule has 0 bridgehead atoms. The Morgan fingerprint density at radius 2 is 1.83 bits per heavy atom. The molecule has 1 heterocycles. The number of benzene rings is 1. The topological polar surface area (TPSA) is 49.4 Å². The third-order valence-corrected chi connectivity index (χ3v) is 5.61. The Morgan fingerprint density at radius 1 is 1.12 bits per heavy atom. The van der Waals surface area contributed by atoms with Crippen LogP contribution in [0.2, 0.25) is 10.0 Å². The van der Waals surface area contributed by atoms with Gasteiger partial charge in [-0.1, -0.05) is 35.3 Å². The largest absolute Gasteiger partial charge is 0.353 e. The van der Waals surface area contributed by atoms with Gasteiger partial charge in [-0.2, -0.15) is 0 Å². The third-order valence-electron chi connectivity index (χ3n) is 4.75. The van der Waals surface area contributed by atoms with Gasteiger partial charge in [0.2, 0.25) is 11.8 Å². The first-order chi connectivity index (χ1) is 11.5. The Balaban J connectivity index is 1.41. The van der Waals surface area contributed by atoms with Gasteiger partial charge in [-0.25, -0.2) is 0 Å². The molecular weight excluding hydrogens is 347 g/mol. The monoisotopic (exact) mass is 368 g/mol. The van der Waals surface area contributed by atoms with Gasteiger partial charge in [0.15, 0.2) is 0 Å². The molecular formula is C18H22Cl2N2O2. The fourth-order valence-corrected chi connectivity index (χ4v) is 3.54. The smallest absolute Gasteiger partial charge is 0.225 e. The molecule has 1 aliphatic heterocycles. The number of piperidine rings is 1. The number of nitrogens with zero attached hydrogens (tertiary/aromatic N) is 1. The lowest BCUT2D eigenvalue weighted by Gasteiger charge is -2.32. The summed E-state index contributed by atoms with van der Waals surface area (Å²) < 4.78 is 0. The first-order valence-electron chi connectivity index (χ1n) is 8.55. The predicted octanol–water partition coefficient (Wildman–Crippen LogP) is 3.44. The van der Waals surface area contributed by atoms with E-state index in [1.54, 1.807) is 6.07 Å². The Bertz CT molecular complexity index is 623. The minimum atomic E-state index is 0.0259. The van der Waals surface area contributed by atoms with Crippen molar-refractivity contribution in [3.63, 3.8) is 0 Å². The van der Waals surface area contributed by atoms with Crippen LogP contribution in [0.3, 0.4) is 0 Å². The van der Waals surface area contributed by atoms with E-state index in [-0.39, 0.29) is 17.9 Å². The maximum atomic E-state index is 12.1. The van der Waals surface area contributed by atoms with Crippen LogP contribution < -0.4 is 5.32 Å². The molecule has 1 aromatic rings. The lowest BCUT2D eigenvalue weighted by atomic mass is 10.0. The molecule has 130 valence electrons. The van der Waals surface area contributed by atoms with Gasteiger partial charge < -0.3 is 10.2 Å². The fourth-order valence-electron chi connectivity index (χ4n) is 3.12. The van der Waals surface area contributed by atoms with Crippen molar-refractivity contribution in [2.45, 2.75) is 44.6 Å². The number of halogens is 2. The molecule has 3 rings (SSSR count). The molecule has 0 aromatic heterocycles. The number of rotatable bonds is 5. The fraction of sp³-hybridized carbons (Fsp3) is 0.556. The SMILES string of the molecule is O=C(CCc1cccc(Cl)c1Cl)NC1CCN(C(=O)C2CC2)CC1. The van der Waals surface area contributed by atoms with Crippen molar-refractivity contribution in [3.05, 3.63) is 33.8 Å². The highest BCUT2D eigenvalue weighted by Crippen LogP contribution is 2.32. The van der Waals surface area contributed by atoms with E-state index in [2.05, 4.69) is 5.32 Å². The van der Waals surface area contributed by atoms with E-state index in [1.807, 2.05) is 17.0 Å². The molecule has 0 spiro atoms. The van der Waals surface area contributed by atoms with E-state index in [9.17, 15) is 9.59 Å². The van der Waals surface area contributed by atoms with E-state index in [4.69, 9.17) is 23.2 Å². The number of nitrogens with one attached hydrogen (secondary N) is 1. The van der Waals surface area contributed by atoms with E-state index in [0.717, 1.165) is 44.3 Å². The molecule has 24 heavy (non-hydrogen) atoms. The second-order valence-corrected chi connectivity index (χ2v) is 7.44. The van der Waals surface area contributed by atoms with Gasteiger partial charge in [-0.15, -0.1) is 0 Å². The standard InChI is InChI=1S/C18H22Cl2N2O2/c19-15-3-1-2-12(17(15)20)6-7-16(23)21-14-8-10-22(11-9-14)18(24)13-4-5-13/h1-3,13-14H,4-11H2,(H,21,23). The number of amides is 2. The number of carbonyl (C=O) groups excluding carboxylic acids is 2. The molecule has 1 aromatic carbocycles. The van der Waals surface area contributed by atoms with Crippen LogP contribution in [0.25, 0.3) is 0 Å². The summed E-state index contributed by atoms with van der Waals surface area (Å²) in [5.74, 6) is 0.604. The van der Waals surface area contributed by atoms with Crippen LogP contribution in [0.5, 0.6) is 0 Å². The summed E-state index contributed by atoms with van der Waals surface area (Å²) in [5, 5.41) is 4.12. The maximum Gasteiger partial charge on any atom is 0.225 e. The lowest BCUT2D eigenvalue weighted by Crippen LogP contribution is -2.47. The minimum Gasteiger partial charge on any atom is -0.353 e. The molecule has 2 aliphatic rings. The van der Waals surface area contributed by atoms with Crippen LogP contribution >= 0.6 is 23.2 Å². The molecule has 0 atom stereocenters. The molecule has 0 unspecified atom stereocenters. The summed E-state index contributed by atoms with van der Waals surface area (Å²) in [5.41, 5.74) is 0.893. The number of hydrogen-bond acceptors (Lipinski definition) is 2. The third kappa shape index (κ3) is 4.42. The van der Waals surface area contributed by atoms with Gasteiger partial charge in [-0.3, -0.25) is 9.59 Å². The highest BCUT2D eigenvalue weighted by molar-refractivity contribution is 6.42. The second-order valence-electron chi connectivity index (χ2n) is 6.65. The van der Waals surface area contributed by atoms with Gasteiger partial charge in [0, 0.05) is 31.5 Å². The predicted molar refractivity (Wildman–Crippen MR) is 95.3 cm³/mol. The van der Waals surface area contributed by atoms with Crippen LogP contribution in [0.4, 0.5) is 0 Å². The summed E-state index contributed by atoms with van der Waals surface area (Å²) in [4.78, 5) is 26.1. The van der Waals surface area contributed by atoms with Gasteiger partial charge in [-0.05, 0) is 43.7 Å². The van der Waals surface area contributed by atoms with Crippen molar-refractivity contribution in [2.24, 2.45) is 5.92 Å². The first-order valence-corrected chi connectivity index (χ1v) is 9.31. The van der Waals surface area contributed by atoms with Crippen molar-refractivity contribution in [3.8, 4) is 0 Å². The summed E-state index contributed by atoms with van der Waals surface area (Å²) in [7, 11) is 0. The Hall–Kier alpha value is -1.26. The first kappa shape index (κ1) is 17.6. The molecule has 1 aliphatic carbocycles. The molecule has 1 saturated carbocycles. The van der Waals surface area contributed by atoms with Crippen LogP contribution in [-0.2, 0) is 16.0 Å². The molecule has 4 nitrogen and oxygen atoms in total. The molecule has 1 saturated heterocycles. The van der Waals surface area contributed by atoms with E-state index in [1.165, 1.54) is 0 Å². The molecule has 6 heteroatoms. The van der Waals surface area contributed by atoms with Crippen LogP contribution in [0.1, 0.15) is 37.7 Å². The molecule has 1 N–H and O–H groups in total. The summed E-state index contributed by atoms with van der Waals surface area (Å²) in [6, 6.07) is 5.64. The zero-order chi connectivity index (χ0) is 17.1. The molecule has 2 fully saturated rings. The second kappa shape index (κ2) is 7.75. The summed E-state index contributed by atoms with van der Waals surface area (Å²) in [6.45, 7) is 1.50. The van der Waals surface area contributed by atoms with Crippen LogP contribution in [0.15, 0.2) is 18.2 Å². The molecule has 2 amide bonds. The quantitative estimate of drug-likeness (QED) is 0.865. The van der Waals surface area contributed by atoms with Crippen LogP contribution in [0, 0.1) is 5.92 Å². The minimum absolute atomic E-state index is 0.0259. The Morgan fingerprint density at radius 3 is 2.50 bits per heavy atom. The van der Waals surface area contributed by atoms with Gasteiger partial charge >= 0.3 is 0 Å². The van der Waals surface area contributed by atoms with Gasteiger partial charge in [0.1, 0.15) is 0 Å². The molecule has 0 radical (unpaired) electrons. The van der Waals surface area contributed by atoms with Crippen molar-refractivity contribution >= 4 is 35.0 Å². The van der Waals surface area contributed by atoms with Crippen molar-refractivity contribution < 1.29 is 9.59 Å². The highest BCUT2D eigenvalue weighted by atomic mass is 35.5. The Kier molecular flexibility index (Phi) is 5.67. The van der Waals surface area contributed by atoms with E-state index >= 15 is 0 Å². The highest BCUT2D eigenvalue weighted by Gasteiger charge is 2.35. The summed E-state index contributed by atoms with van der Waals surface area (Å²) in [6.07, 6.45) is 4.72.